The normalized spacial score (nSPS) is 10.7. The van der Waals surface area contributed by atoms with Gasteiger partial charge in [-0.1, -0.05) is 12.1 Å². The van der Waals surface area contributed by atoms with Gasteiger partial charge in [0.1, 0.15) is 0 Å². The molecule has 0 radical (unpaired) electrons. The fourth-order valence-corrected chi connectivity index (χ4v) is 1.72. The number of methoxy groups -OCH3 is 1. The van der Waals surface area contributed by atoms with Gasteiger partial charge in [0.15, 0.2) is 0 Å². The molecule has 0 atom stereocenters. The van der Waals surface area contributed by atoms with Gasteiger partial charge in [-0.3, -0.25) is 4.98 Å². The topological polar surface area (TPSA) is 63.0 Å². The Kier molecular flexibility index (Phi) is 4.25. The number of ether oxygens (including phenoxy) is 1. The van der Waals surface area contributed by atoms with Crippen LogP contribution in [0.5, 0.6) is 0 Å². The Morgan fingerprint density at radius 3 is 2.40 bits per heavy atom. The van der Waals surface area contributed by atoms with E-state index in [0.29, 0.717) is 11.1 Å². The first kappa shape index (κ1) is 13.5. The minimum Gasteiger partial charge on any atom is -0.465 e. The first-order valence-corrected chi connectivity index (χ1v) is 5.95. The van der Waals surface area contributed by atoms with Crippen LogP contribution in [0.1, 0.15) is 16.7 Å². The maximum atomic E-state index is 11.9. The first-order valence-electron chi connectivity index (χ1n) is 5.95. The van der Waals surface area contributed by atoms with Crippen LogP contribution in [0.2, 0.25) is 0 Å². The van der Waals surface area contributed by atoms with Crippen molar-refractivity contribution in [2.24, 2.45) is 0 Å². The van der Waals surface area contributed by atoms with E-state index in [1.807, 2.05) is 0 Å². The van der Waals surface area contributed by atoms with Gasteiger partial charge >= 0.3 is 5.97 Å². The standard InChI is InChI=1S/C16H12N2O2/c1-20-16(19)15(14-6-8-18-9-7-14)10-12-2-4-13(11-17)5-3-12/h2-10H,1H3/b15-10+. The summed E-state index contributed by atoms with van der Waals surface area (Å²) >= 11 is 0. The molecule has 0 bridgehead atoms. The van der Waals surface area contributed by atoms with Gasteiger partial charge < -0.3 is 4.74 Å². The lowest BCUT2D eigenvalue weighted by Crippen LogP contribution is -2.03. The number of esters is 1. The van der Waals surface area contributed by atoms with E-state index in [4.69, 9.17) is 10.00 Å². The lowest BCUT2D eigenvalue weighted by molar-refractivity contribution is -0.133. The van der Waals surface area contributed by atoms with E-state index in [9.17, 15) is 4.79 Å². The van der Waals surface area contributed by atoms with Crippen molar-refractivity contribution in [3.63, 3.8) is 0 Å². The van der Waals surface area contributed by atoms with Gasteiger partial charge in [-0.05, 0) is 41.5 Å². The van der Waals surface area contributed by atoms with Crippen molar-refractivity contribution in [3.8, 4) is 6.07 Å². The fourth-order valence-electron chi connectivity index (χ4n) is 1.72. The van der Waals surface area contributed by atoms with Gasteiger partial charge in [-0.2, -0.15) is 5.26 Å². The zero-order valence-corrected chi connectivity index (χ0v) is 10.9. The molecule has 4 nitrogen and oxygen atoms in total. The molecule has 0 N–H and O–H groups in total. The molecule has 0 amide bonds. The largest absolute Gasteiger partial charge is 0.465 e. The number of nitrogens with zero attached hydrogens (tertiary/aromatic N) is 2. The zero-order chi connectivity index (χ0) is 14.4. The molecule has 0 spiro atoms. The molecule has 2 aromatic rings. The SMILES string of the molecule is COC(=O)/C(=C/c1ccc(C#N)cc1)c1ccncc1. The van der Waals surface area contributed by atoms with Gasteiger partial charge in [-0.15, -0.1) is 0 Å². The van der Waals surface area contributed by atoms with Gasteiger partial charge in [-0.25, -0.2) is 4.79 Å². The smallest absolute Gasteiger partial charge is 0.338 e. The summed E-state index contributed by atoms with van der Waals surface area (Å²) in [7, 11) is 1.34. The highest BCUT2D eigenvalue weighted by molar-refractivity contribution is 6.21. The predicted molar refractivity (Wildman–Crippen MR) is 75.3 cm³/mol. The van der Waals surface area contributed by atoms with Crippen molar-refractivity contribution < 1.29 is 9.53 Å². The lowest BCUT2D eigenvalue weighted by Gasteiger charge is -2.05. The second kappa shape index (κ2) is 6.30. The second-order valence-electron chi connectivity index (χ2n) is 4.02. The van der Waals surface area contributed by atoms with Crippen LogP contribution in [0.15, 0.2) is 48.8 Å². The summed E-state index contributed by atoms with van der Waals surface area (Å²) in [5.74, 6) is -0.416. The highest BCUT2D eigenvalue weighted by Gasteiger charge is 2.12. The third-order valence-corrected chi connectivity index (χ3v) is 2.75. The molecule has 4 heteroatoms. The van der Waals surface area contributed by atoms with Crippen molar-refractivity contribution in [1.82, 2.24) is 4.98 Å². The average Bonchev–Trinajstić information content (AvgIpc) is 2.53. The van der Waals surface area contributed by atoms with Crippen LogP contribution in [0, 0.1) is 11.3 Å². The number of carbonyl (C=O) groups is 1. The van der Waals surface area contributed by atoms with Crippen LogP contribution < -0.4 is 0 Å². The number of aromatic nitrogens is 1. The Morgan fingerprint density at radius 2 is 1.85 bits per heavy atom. The van der Waals surface area contributed by atoms with E-state index in [-0.39, 0.29) is 0 Å². The van der Waals surface area contributed by atoms with Crippen molar-refractivity contribution in [1.29, 1.82) is 5.26 Å². The zero-order valence-electron chi connectivity index (χ0n) is 10.9. The van der Waals surface area contributed by atoms with Crippen molar-refractivity contribution in [2.75, 3.05) is 7.11 Å². The summed E-state index contributed by atoms with van der Waals surface area (Å²) in [6.45, 7) is 0. The molecular formula is C16H12N2O2. The molecule has 98 valence electrons. The molecule has 0 aliphatic heterocycles. The molecule has 1 aromatic carbocycles. The van der Waals surface area contributed by atoms with Crippen LogP contribution in [0.3, 0.4) is 0 Å². The van der Waals surface area contributed by atoms with Crippen LogP contribution >= 0.6 is 0 Å². The van der Waals surface area contributed by atoms with Gasteiger partial charge in [0.05, 0.1) is 24.3 Å². The van der Waals surface area contributed by atoms with Crippen molar-refractivity contribution >= 4 is 17.6 Å². The predicted octanol–water partition coefficient (Wildman–Crippen LogP) is 2.67. The number of pyridine rings is 1. The van der Waals surface area contributed by atoms with Crippen molar-refractivity contribution in [3.05, 3.63) is 65.5 Å². The summed E-state index contributed by atoms with van der Waals surface area (Å²) in [6.07, 6.45) is 4.96. The molecule has 0 aliphatic carbocycles. The van der Waals surface area contributed by atoms with Crippen LogP contribution in [-0.2, 0) is 9.53 Å². The Bertz CT molecular complexity index is 668. The molecule has 0 saturated heterocycles. The third-order valence-electron chi connectivity index (χ3n) is 2.75. The Hall–Kier alpha value is -2.93. The number of carbonyl (C=O) groups excluding carboxylic acids is 1. The second-order valence-corrected chi connectivity index (χ2v) is 4.02. The molecule has 0 saturated carbocycles. The number of hydrogen-bond acceptors (Lipinski definition) is 4. The lowest BCUT2D eigenvalue weighted by atomic mass is 10.0. The van der Waals surface area contributed by atoms with E-state index in [1.165, 1.54) is 7.11 Å². The van der Waals surface area contributed by atoms with Crippen LogP contribution in [0.4, 0.5) is 0 Å². The molecule has 20 heavy (non-hydrogen) atoms. The van der Waals surface area contributed by atoms with E-state index in [0.717, 1.165) is 11.1 Å². The summed E-state index contributed by atoms with van der Waals surface area (Å²) in [4.78, 5) is 15.8. The van der Waals surface area contributed by atoms with Crippen molar-refractivity contribution in [2.45, 2.75) is 0 Å². The fraction of sp³-hybridized carbons (Fsp3) is 0.0625. The maximum absolute atomic E-state index is 11.9. The van der Waals surface area contributed by atoms with E-state index >= 15 is 0 Å². The Labute approximate surface area is 117 Å². The number of rotatable bonds is 3. The Balaban J connectivity index is 2.43. The highest BCUT2D eigenvalue weighted by atomic mass is 16.5. The monoisotopic (exact) mass is 264 g/mol. The summed E-state index contributed by atoms with van der Waals surface area (Å²) in [6, 6.07) is 12.5. The number of hydrogen-bond donors (Lipinski definition) is 0. The quantitative estimate of drug-likeness (QED) is 0.631. The Morgan fingerprint density at radius 1 is 1.20 bits per heavy atom. The third kappa shape index (κ3) is 3.09. The van der Waals surface area contributed by atoms with E-state index < -0.39 is 5.97 Å². The summed E-state index contributed by atoms with van der Waals surface area (Å²) < 4.78 is 4.80. The number of nitriles is 1. The van der Waals surface area contributed by atoms with Gasteiger partial charge in [0, 0.05) is 12.4 Å². The van der Waals surface area contributed by atoms with Crippen LogP contribution in [-0.4, -0.2) is 18.1 Å². The van der Waals surface area contributed by atoms with Crippen LogP contribution in [0.25, 0.3) is 11.6 Å². The molecule has 1 aromatic heterocycles. The molecule has 0 aliphatic rings. The van der Waals surface area contributed by atoms with E-state index in [1.54, 1.807) is 54.9 Å². The first-order chi connectivity index (χ1) is 9.74. The molecular weight excluding hydrogens is 252 g/mol. The molecule has 0 unspecified atom stereocenters. The summed E-state index contributed by atoms with van der Waals surface area (Å²) in [5, 5.41) is 8.77. The average molecular weight is 264 g/mol. The maximum Gasteiger partial charge on any atom is 0.338 e. The van der Waals surface area contributed by atoms with Gasteiger partial charge in [0.25, 0.3) is 0 Å². The van der Waals surface area contributed by atoms with E-state index in [2.05, 4.69) is 11.1 Å². The van der Waals surface area contributed by atoms with Gasteiger partial charge in [0.2, 0.25) is 0 Å². The molecule has 2 rings (SSSR count). The summed E-state index contributed by atoms with van der Waals surface area (Å²) in [5.41, 5.74) is 2.57. The minimum absolute atomic E-state index is 0.416. The highest BCUT2D eigenvalue weighted by Crippen LogP contribution is 2.19. The molecule has 0 fully saturated rings. The number of benzene rings is 1. The minimum atomic E-state index is -0.416. The molecule has 1 heterocycles.